The van der Waals surface area contributed by atoms with E-state index in [-0.39, 0.29) is 11.9 Å². The predicted molar refractivity (Wildman–Crippen MR) is 82.2 cm³/mol. The number of hydrogen-bond donors (Lipinski definition) is 1. The number of benzene rings is 2. The van der Waals surface area contributed by atoms with E-state index < -0.39 is 0 Å². The van der Waals surface area contributed by atoms with Crippen LogP contribution in [0.5, 0.6) is 0 Å². The van der Waals surface area contributed by atoms with Crippen LogP contribution in [0.1, 0.15) is 37.4 Å². The van der Waals surface area contributed by atoms with Crippen LogP contribution in [-0.2, 0) is 6.42 Å². The number of hydrogen-bond acceptors (Lipinski definition) is 1. The molecule has 106 valence electrons. The molecule has 2 aromatic rings. The van der Waals surface area contributed by atoms with Gasteiger partial charge in [-0.1, -0.05) is 42.5 Å². The van der Waals surface area contributed by atoms with Crippen LogP contribution in [0, 0.1) is 5.82 Å². The van der Waals surface area contributed by atoms with Crippen molar-refractivity contribution in [2.45, 2.75) is 38.8 Å². The van der Waals surface area contributed by atoms with Crippen molar-refractivity contribution in [1.82, 2.24) is 5.32 Å². The summed E-state index contributed by atoms with van der Waals surface area (Å²) >= 11 is 0. The van der Waals surface area contributed by atoms with E-state index in [9.17, 15) is 4.39 Å². The fraction of sp³-hybridized carbons (Fsp3) is 0.333. The van der Waals surface area contributed by atoms with Crippen LogP contribution in [0.4, 0.5) is 4.39 Å². The SMILES string of the molecule is CC(CCc1ccccc1)N[C@H](C)c1ccc(F)cc1. The molecular formula is C18H22FN. The molecule has 1 nitrogen and oxygen atoms in total. The highest BCUT2D eigenvalue weighted by Gasteiger charge is 2.09. The zero-order valence-corrected chi connectivity index (χ0v) is 12.1. The minimum Gasteiger partial charge on any atom is -0.308 e. The van der Waals surface area contributed by atoms with Crippen LogP contribution in [0.15, 0.2) is 54.6 Å². The molecule has 0 saturated carbocycles. The molecule has 0 spiro atoms. The Morgan fingerprint density at radius 1 is 0.950 bits per heavy atom. The minimum atomic E-state index is -0.182. The van der Waals surface area contributed by atoms with Crippen molar-refractivity contribution < 1.29 is 4.39 Å². The van der Waals surface area contributed by atoms with Crippen molar-refractivity contribution in [1.29, 1.82) is 0 Å². The molecule has 2 atom stereocenters. The highest BCUT2D eigenvalue weighted by atomic mass is 19.1. The van der Waals surface area contributed by atoms with Gasteiger partial charge < -0.3 is 5.32 Å². The smallest absolute Gasteiger partial charge is 0.123 e. The maximum Gasteiger partial charge on any atom is 0.123 e. The molecule has 1 N–H and O–H groups in total. The van der Waals surface area contributed by atoms with Crippen LogP contribution in [0.3, 0.4) is 0 Å². The molecule has 0 saturated heterocycles. The first kappa shape index (κ1) is 14.7. The standard InChI is InChI=1S/C18H22FN/c1-14(8-9-16-6-4-3-5-7-16)20-15(2)17-10-12-18(19)13-11-17/h3-7,10-15,20H,8-9H2,1-2H3/t14?,15-/m1/s1. The molecule has 1 unspecified atom stereocenters. The summed E-state index contributed by atoms with van der Waals surface area (Å²) in [5.41, 5.74) is 2.49. The fourth-order valence-corrected chi connectivity index (χ4v) is 2.39. The van der Waals surface area contributed by atoms with Crippen LogP contribution in [0.25, 0.3) is 0 Å². The lowest BCUT2D eigenvalue weighted by molar-refractivity contribution is 0.456. The van der Waals surface area contributed by atoms with Crippen LogP contribution >= 0.6 is 0 Å². The summed E-state index contributed by atoms with van der Waals surface area (Å²) in [7, 11) is 0. The molecule has 0 radical (unpaired) electrons. The average molecular weight is 271 g/mol. The molecule has 0 amide bonds. The van der Waals surface area contributed by atoms with Gasteiger partial charge in [0.25, 0.3) is 0 Å². The first-order valence-corrected chi connectivity index (χ1v) is 7.20. The van der Waals surface area contributed by atoms with E-state index in [0.29, 0.717) is 6.04 Å². The van der Waals surface area contributed by atoms with Gasteiger partial charge in [-0.25, -0.2) is 4.39 Å². The summed E-state index contributed by atoms with van der Waals surface area (Å²) in [5.74, 6) is -0.182. The van der Waals surface area contributed by atoms with Crippen LogP contribution < -0.4 is 5.32 Å². The zero-order valence-electron chi connectivity index (χ0n) is 12.1. The van der Waals surface area contributed by atoms with Gasteiger partial charge in [-0.15, -0.1) is 0 Å². The molecule has 2 aromatic carbocycles. The van der Waals surface area contributed by atoms with E-state index in [1.54, 1.807) is 0 Å². The van der Waals surface area contributed by atoms with Gasteiger partial charge in [0.15, 0.2) is 0 Å². The van der Waals surface area contributed by atoms with E-state index in [1.165, 1.54) is 17.7 Å². The lowest BCUT2D eigenvalue weighted by Gasteiger charge is -2.20. The van der Waals surface area contributed by atoms with Gasteiger partial charge in [0.2, 0.25) is 0 Å². The monoisotopic (exact) mass is 271 g/mol. The minimum absolute atomic E-state index is 0.182. The fourth-order valence-electron chi connectivity index (χ4n) is 2.39. The molecule has 2 rings (SSSR count). The summed E-state index contributed by atoms with van der Waals surface area (Å²) in [6.07, 6.45) is 2.17. The molecular weight excluding hydrogens is 249 g/mol. The first-order chi connectivity index (χ1) is 9.65. The third-order valence-electron chi connectivity index (χ3n) is 3.61. The summed E-state index contributed by atoms with van der Waals surface area (Å²) < 4.78 is 12.9. The average Bonchev–Trinajstić information content (AvgIpc) is 2.47. The maximum absolute atomic E-state index is 12.9. The van der Waals surface area contributed by atoms with Crippen molar-refractivity contribution in [3.8, 4) is 0 Å². The van der Waals surface area contributed by atoms with Gasteiger partial charge >= 0.3 is 0 Å². The Bertz CT molecular complexity index is 507. The van der Waals surface area contributed by atoms with Gasteiger partial charge in [-0.2, -0.15) is 0 Å². The van der Waals surface area contributed by atoms with Gasteiger partial charge in [-0.05, 0) is 49.9 Å². The molecule has 0 bridgehead atoms. The largest absolute Gasteiger partial charge is 0.308 e. The first-order valence-electron chi connectivity index (χ1n) is 7.20. The Labute approximate surface area is 120 Å². The third kappa shape index (κ3) is 4.46. The number of aryl methyl sites for hydroxylation is 1. The number of nitrogens with one attached hydrogen (secondary N) is 1. The van der Waals surface area contributed by atoms with Crippen molar-refractivity contribution in [3.05, 3.63) is 71.5 Å². The molecule has 2 heteroatoms. The Hall–Kier alpha value is -1.67. The van der Waals surface area contributed by atoms with Crippen LogP contribution in [0.2, 0.25) is 0 Å². The van der Waals surface area contributed by atoms with E-state index in [0.717, 1.165) is 18.4 Å². The highest BCUT2D eigenvalue weighted by Crippen LogP contribution is 2.15. The number of halogens is 1. The lowest BCUT2D eigenvalue weighted by atomic mass is 10.0. The molecule has 0 aliphatic carbocycles. The van der Waals surface area contributed by atoms with E-state index in [2.05, 4.69) is 43.4 Å². The quantitative estimate of drug-likeness (QED) is 0.815. The van der Waals surface area contributed by atoms with Gasteiger partial charge in [-0.3, -0.25) is 0 Å². The van der Waals surface area contributed by atoms with E-state index >= 15 is 0 Å². The van der Waals surface area contributed by atoms with Crippen molar-refractivity contribution in [2.24, 2.45) is 0 Å². The highest BCUT2D eigenvalue weighted by molar-refractivity contribution is 5.19. The second-order valence-corrected chi connectivity index (χ2v) is 5.37. The summed E-state index contributed by atoms with van der Waals surface area (Å²) in [6.45, 7) is 4.31. The molecule has 0 fully saturated rings. The Morgan fingerprint density at radius 3 is 2.25 bits per heavy atom. The summed E-state index contributed by atoms with van der Waals surface area (Å²) in [4.78, 5) is 0. The van der Waals surface area contributed by atoms with E-state index in [1.807, 2.05) is 18.2 Å². The third-order valence-corrected chi connectivity index (χ3v) is 3.61. The summed E-state index contributed by atoms with van der Waals surface area (Å²) in [6, 6.07) is 17.9. The Morgan fingerprint density at radius 2 is 1.60 bits per heavy atom. The molecule has 0 heterocycles. The topological polar surface area (TPSA) is 12.0 Å². The van der Waals surface area contributed by atoms with Crippen molar-refractivity contribution >= 4 is 0 Å². The molecule has 0 aliphatic rings. The van der Waals surface area contributed by atoms with Gasteiger partial charge in [0.1, 0.15) is 5.82 Å². The second-order valence-electron chi connectivity index (χ2n) is 5.37. The van der Waals surface area contributed by atoms with Crippen molar-refractivity contribution in [3.63, 3.8) is 0 Å². The predicted octanol–water partition coefficient (Wildman–Crippen LogP) is 4.50. The maximum atomic E-state index is 12.9. The van der Waals surface area contributed by atoms with Crippen molar-refractivity contribution in [2.75, 3.05) is 0 Å². The normalized spacial score (nSPS) is 13.9. The molecule has 0 aromatic heterocycles. The Balaban J connectivity index is 1.82. The molecule has 20 heavy (non-hydrogen) atoms. The lowest BCUT2D eigenvalue weighted by Crippen LogP contribution is -2.29. The van der Waals surface area contributed by atoms with Crippen LogP contribution in [-0.4, -0.2) is 6.04 Å². The second kappa shape index (κ2) is 7.20. The number of rotatable bonds is 6. The van der Waals surface area contributed by atoms with E-state index in [4.69, 9.17) is 0 Å². The summed E-state index contributed by atoms with van der Waals surface area (Å²) in [5, 5.41) is 3.56. The van der Waals surface area contributed by atoms with Gasteiger partial charge in [0.05, 0.1) is 0 Å². The zero-order chi connectivity index (χ0) is 14.4. The molecule has 0 aliphatic heterocycles. The van der Waals surface area contributed by atoms with Gasteiger partial charge in [0, 0.05) is 12.1 Å². The Kier molecular flexibility index (Phi) is 5.31.